The van der Waals surface area contributed by atoms with Crippen LogP contribution in [-0.4, -0.2) is 11.9 Å². The number of carbonyl (C=O) groups excluding carboxylic acids is 1. The first-order valence-corrected chi connectivity index (χ1v) is 7.51. The number of benzene rings is 2. The summed E-state index contributed by atoms with van der Waals surface area (Å²) < 4.78 is 6.60. The molecule has 0 atom stereocenters. The van der Waals surface area contributed by atoms with Crippen molar-refractivity contribution in [2.24, 2.45) is 0 Å². The van der Waals surface area contributed by atoms with E-state index in [0.717, 1.165) is 28.6 Å². The minimum Gasteiger partial charge on any atom is -0.490 e. The minimum absolute atomic E-state index is 0.0156. The van der Waals surface area contributed by atoms with E-state index in [1.54, 1.807) is 0 Å². The summed E-state index contributed by atoms with van der Waals surface area (Å²) in [5.74, 6) is 0.795. The van der Waals surface area contributed by atoms with Crippen LogP contribution >= 0.6 is 15.9 Å². The van der Waals surface area contributed by atoms with Crippen LogP contribution in [0.25, 0.3) is 0 Å². The molecule has 0 aromatic heterocycles. The third kappa shape index (κ3) is 2.78. The van der Waals surface area contributed by atoms with Crippen LogP contribution in [0.3, 0.4) is 0 Å². The van der Waals surface area contributed by atoms with Gasteiger partial charge in [0.1, 0.15) is 5.75 Å². The Bertz CT molecular complexity index is 660. The lowest BCUT2D eigenvalue weighted by atomic mass is 10.0. The highest BCUT2D eigenvalue weighted by atomic mass is 79.9. The quantitative estimate of drug-likeness (QED) is 0.770. The average Bonchev–Trinajstić information content (AvgIpc) is 3.25. The van der Waals surface area contributed by atoms with Crippen LogP contribution < -0.4 is 4.74 Å². The maximum Gasteiger partial charge on any atom is 0.194 e. The molecule has 2 aromatic carbocycles. The van der Waals surface area contributed by atoms with Gasteiger partial charge in [-0.1, -0.05) is 24.3 Å². The Morgan fingerprint density at radius 3 is 2.70 bits per heavy atom. The highest BCUT2D eigenvalue weighted by Crippen LogP contribution is 2.28. The minimum atomic E-state index is 0.0156. The maximum absolute atomic E-state index is 12.6. The van der Waals surface area contributed by atoms with E-state index in [1.807, 2.05) is 49.4 Å². The van der Waals surface area contributed by atoms with Crippen molar-refractivity contribution >= 4 is 21.7 Å². The smallest absolute Gasteiger partial charge is 0.194 e. The van der Waals surface area contributed by atoms with E-state index < -0.39 is 0 Å². The van der Waals surface area contributed by atoms with Gasteiger partial charge in [0.25, 0.3) is 0 Å². The average molecular weight is 331 g/mol. The van der Waals surface area contributed by atoms with Gasteiger partial charge >= 0.3 is 0 Å². The van der Waals surface area contributed by atoms with Crippen LogP contribution in [0.4, 0.5) is 0 Å². The predicted octanol–water partition coefficient (Wildman–Crippen LogP) is 4.53. The molecule has 1 aliphatic rings. The molecule has 0 radical (unpaired) electrons. The molecule has 2 nitrogen and oxygen atoms in total. The lowest BCUT2D eigenvalue weighted by Gasteiger charge is -2.08. The first kappa shape index (κ1) is 13.4. The van der Waals surface area contributed by atoms with Crippen molar-refractivity contribution < 1.29 is 9.53 Å². The Hall–Kier alpha value is -1.61. The molecule has 0 spiro atoms. The highest BCUT2D eigenvalue weighted by molar-refractivity contribution is 9.10. The predicted molar refractivity (Wildman–Crippen MR) is 82.4 cm³/mol. The Labute approximate surface area is 126 Å². The number of carbonyl (C=O) groups is 1. The van der Waals surface area contributed by atoms with Gasteiger partial charge in [-0.25, -0.2) is 0 Å². The van der Waals surface area contributed by atoms with Gasteiger partial charge in [0.2, 0.25) is 0 Å². The van der Waals surface area contributed by atoms with Crippen LogP contribution in [0, 0.1) is 6.92 Å². The number of rotatable bonds is 4. The lowest BCUT2D eigenvalue weighted by molar-refractivity contribution is 0.103. The molecule has 3 heteroatoms. The van der Waals surface area contributed by atoms with Gasteiger partial charge in [-0.3, -0.25) is 4.79 Å². The van der Waals surface area contributed by atoms with Gasteiger partial charge in [0.05, 0.1) is 6.10 Å². The first-order chi connectivity index (χ1) is 9.65. The molecule has 0 bridgehead atoms. The van der Waals surface area contributed by atoms with E-state index in [4.69, 9.17) is 4.74 Å². The molecular weight excluding hydrogens is 316 g/mol. The van der Waals surface area contributed by atoms with E-state index in [9.17, 15) is 4.79 Å². The molecule has 1 aliphatic carbocycles. The molecule has 0 aliphatic heterocycles. The fraction of sp³-hybridized carbons (Fsp3) is 0.235. The number of hydrogen-bond acceptors (Lipinski definition) is 2. The maximum atomic E-state index is 12.6. The second-order valence-electron chi connectivity index (χ2n) is 5.11. The van der Waals surface area contributed by atoms with Crippen LogP contribution in [-0.2, 0) is 0 Å². The summed E-state index contributed by atoms with van der Waals surface area (Å²) >= 11 is 3.49. The highest BCUT2D eigenvalue weighted by Gasteiger charge is 2.24. The summed E-state index contributed by atoms with van der Waals surface area (Å²) in [6.45, 7) is 1.98. The number of halogens is 1. The third-order valence-electron chi connectivity index (χ3n) is 3.36. The van der Waals surface area contributed by atoms with E-state index in [1.165, 1.54) is 0 Å². The molecular formula is C17H15BrO2. The monoisotopic (exact) mass is 330 g/mol. The summed E-state index contributed by atoms with van der Waals surface area (Å²) in [7, 11) is 0. The molecule has 3 rings (SSSR count). The second-order valence-corrected chi connectivity index (χ2v) is 5.90. The zero-order valence-corrected chi connectivity index (χ0v) is 12.8. The normalized spacial score (nSPS) is 14.1. The van der Waals surface area contributed by atoms with Crippen molar-refractivity contribution in [2.75, 3.05) is 0 Å². The lowest BCUT2D eigenvalue weighted by Crippen LogP contribution is -2.04. The SMILES string of the molecule is Cc1cccc(C(=O)c2cccc(OC3CC3)c2)c1Br. The Morgan fingerprint density at radius 1 is 1.20 bits per heavy atom. The summed E-state index contributed by atoms with van der Waals surface area (Å²) in [6.07, 6.45) is 2.56. The van der Waals surface area contributed by atoms with Crippen LogP contribution in [0.15, 0.2) is 46.9 Å². The largest absolute Gasteiger partial charge is 0.490 e. The Morgan fingerprint density at radius 2 is 1.95 bits per heavy atom. The van der Waals surface area contributed by atoms with E-state index in [-0.39, 0.29) is 5.78 Å². The van der Waals surface area contributed by atoms with Crippen molar-refractivity contribution in [3.8, 4) is 5.75 Å². The fourth-order valence-corrected chi connectivity index (χ4v) is 2.51. The molecule has 1 saturated carbocycles. The molecule has 2 aromatic rings. The summed E-state index contributed by atoms with van der Waals surface area (Å²) in [6, 6.07) is 13.2. The fourth-order valence-electron chi connectivity index (χ4n) is 2.07. The first-order valence-electron chi connectivity index (χ1n) is 6.71. The topological polar surface area (TPSA) is 26.3 Å². The number of aryl methyl sites for hydroxylation is 1. The second kappa shape index (κ2) is 5.41. The summed E-state index contributed by atoms with van der Waals surface area (Å²) in [4.78, 5) is 12.6. The summed E-state index contributed by atoms with van der Waals surface area (Å²) in [5, 5.41) is 0. The molecule has 0 heterocycles. The van der Waals surface area contributed by atoms with Crippen molar-refractivity contribution in [1.29, 1.82) is 0 Å². The van der Waals surface area contributed by atoms with Crippen LogP contribution in [0.1, 0.15) is 34.3 Å². The number of ketones is 1. The molecule has 0 amide bonds. The van der Waals surface area contributed by atoms with E-state index >= 15 is 0 Å². The number of hydrogen-bond donors (Lipinski definition) is 0. The third-order valence-corrected chi connectivity index (χ3v) is 4.41. The van der Waals surface area contributed by atoms with Gasteiger partial charge < -0.3 is 4.74 Å². The molecule has 0 N–H and O–H groups in total. The van der Waals surface area contributed by atoms with Gasteiger partial charge in [0.15, 0.2) is 5.78 Å². The van der Waals surface area contributed by atoms with Crippen molar-refractivity contribution in [3.63, 3.8) is 0 Å². The molecule has 1 fully saturated rings. The molecule has 102 valence electrons. The number of ether oxygens (including phenoxy) is 1. The summed E-state index contributed by atoms with van der Waals surface area (Å²) in [5.41, 5.74) is 2.41. The van der Waals surface area contributed by atoms with Gasteiger partial charge in [-0.05, 0) is 59.5 Å². The van der Waals surface area contributed by atoms with Gasteiger partial charge in [-0.2, -0.15) is 0 Å². The van der Waals surface area contributed by atoms with Crippen LogP contribution in [0.5, 0.6) is 5.75 Å². The van der Waals surface area contributed by atoms with Crippen molar-refractivity contribution in [3.05, 3.63) is 63.6 Å². The van der Waals surface area contributed by atoms with Crippen LogP contribution in [0.2, 0.25) is 0 Å². The molecule has 0 saturated heterocycles. The zero-order valence-electron chi connectivity index (χ0n) is 11.2. The van der Waals surface area contributed by atoms with Crippen molar-refractivity contribution in [1.82, 2.24) is 0 Å². The van der Waals surface area contributed by atoms with E-state index in [2.05, 4.69) is 15.9 Å². The van der Waals surface area contributed by atoms with E-state index in [0.29, 0.717) is 17.2 Å². The van der Waals surface area contributed by atoms with Crippen molar-refractivity contribution in [2.45, 2.75) is 25.9 Å². The zero-order chi connectivity index (χ0) is 14.1. The molecule has 20 heavy (non-hydrogen) atoms. The van der Waals surface area contributed by atoms with Gasteiger partial charge in [0, 0.05) is 15.6 Å². The van der Waals surface area contributed by atoms with Gasteiger partial charge in [-0.15, -0.1) is 0 Å². The molecule has 0 unspecified atom stereocenters. The Balaban J connectivity index is 1.91. The Kier molecular flexibility index (Phi) is 3.62. The standard InChI is InChI=1S/C17H15BrO2/c1-11-4-2-7-15(16(11)18)17(19)12-5-3-6-14(10-12)20-13-8-9-13/h2-7,10,13H,8-9H2,1H3.